The second-order valence-electron chi connectivity index (χ2n) is 3.38. The number of carbonyl (C=O) groups excluding carboxylic acids is 1. The van der Waals surface area contributed by atoms with Crippen molar-refractivity contribution in [1.82, 2.24) is 14.5 Å². The average Bonchev–Trinajstić information content (AvgIpc) is 2.75. The molecule has 0 spiro atoms. The smallest absolute Gasteiger partial charge is 0.253 e. The van der Waals surface area contributed by atoms with Crippen molar-refractivity contribution in [3.8, 4) is 0 Å². The maximum atomic E-state index is 11.6. The molecule has 17 heavy (non-hydrogen) atoms. The third-order valence-electron chi connectivity index (χ3n) is 2.01. The molecule has 0 aromatic carbocycles. The topological polar surface area (TPSA) is 76.9 Å². The predicted octanol–water partition coefficient (Wildman–Crippen LogP) is 0.647. The molecule has 0 aliphatic heterocycles. The van der Waals surface area contributed by atoms with Crippen LogP contribution in [0.1, 0.15) is 5.69 Å². The highest BCUT2D eigenvalue weighted by Gasteiger charge is 2.06. The van der Waals surface area contributed by atoms with Crippen molar-refractivity contribution in [2.75, 3.05) is 5.32 Å². The van der Waals surface area contributed by atoms with E-state index in [0.29, 0.717) is 10.8 Å². The van der Waals surface area contributed by atoms with Crippen LogP contribution in [0.15, 0.2) is 28.8 Å². The van der Waals surface area contributed by atoms with Crippen LogP contribution < -0.4 is 10.9 Å². The molecule has 6 nitrogen and oxygen atoms in total. The van der Waals surface area contributed by atoms with E-state index in [1.54, 1.807) is 18.5 Å². The zero-order valence-corrected chi connectivity index (χ0v) is 9.90. The summed E-state index contributed by atoms with van der Waals surface area (Å²) in [6, 6.07) is 1.39. The fourth-order valence-electron chi connectivity index (χ4n) is 1.23. The Morgan fingerprint density at radius 2 is 2.35 bits per heavy atom. The number of nitrogens with one attached hydrogen (secondary N) is 1. The first-order chi connectivity index (χ1) is 8.15. The summed E-state index contributed by atoms with van der Waals surface area (Å²) in [6.07, 6.45) is 2.96. The summed E-state index contributed by atoms with van der Waals surface area (Å²) in [7, 11) is 0. The van der Waals surface area contributed by atoms with E-state index in [2.05, 4.69) is 15.3 Å². The van der Waals surface area contributed by atoms with Gasteiger partial charge in [0.05, 0.1) is 6.33 Å². The Morgan fingerprint density at radius 1 is 1.53 bits per heavy atom. The van der Waals surface area contributed by atoms with Gasteiger partial charge in [-0.2, -0.15) is 0 Å². The zero-order valence-electron chi connectivity index (χ0n) is 9.08. The van der Waals surface area contributed by atoms with E-state index >= 15 is 0 Å². The van der Waals surface area contributed by atoms with Crippen molar-refractivity contribution in [3.63, 3.8) is 0 Å². The molecule has 0 aliphatic carbocycles. The molecule has 0 unspecified atom stereocenters. The van der Waals surface area contributed by atoms with Crippen LogP contribution in [0.3, 0.4) is 0 Å². The minimum Gasteiger partial charge on any atom is -0.300 e. The normalized spacial score (nSPS) is 10.2. The lowest BCUT2D eigenvalue weighted by Crippen LogP contribution is -2.27. The molecule has 1 N–H and O–H groups in total. The molecule has 0 fully saturated rings. The number of thiazole rings is 1. The van der Waals surface area contributed by atoms with Crippen molar-refractivity contribution >= 4 is 22.4 Å². The van der Waals surface area contributed by atoms with Crippen LogP contribution >= 0.6 is 11.3 Å². The maximum absolute atomic E-state index is 11.6. The van der Waals surface area contributed by atoms with E-state index < -0.39 is 0 Å². The molecule has 2 heterocycles. The Labute approximate surface area is 101 Å². The van der Waals surface area contributed by atoms with Gasteiger partial charge >= 0.3 is 0 Å². The standard InChI is InChI=1S/C10H10N4O2S/c1-7-4-9(16)14(6-12-7)5-8(15)13-10-11-2-3-17-10/h2-4,6H,5H2,1H3,(H,11,13,15). The summed E-state index contributed by atoms with van der Waals surface area (Å²) in [6.45, 7) is 1.66. The van der Waals surface area contributed by atoms with Crippen LogP contribution in [0.4, 0.5) is 5.13 Å². The largest absolute Gasteiger partial charge is 0.300 e. The third-order valence-corrected chi connectivity index (χ3v) is 2.70. The van der Waals surface area contributed by atoms with Gasteiger partial charge in [-0.1, -0.05) is 0 Å². The maximum Gasteiger partial charge on any atom is 0.253 e. The Balaban J connectivity index is 2.06. The molecule has 0 aliphatic rings. The molecule has 0 bridgehead atoms. The van der Waals surface area contributed by atoms with Gasteiger partial charge < -0.3 is 5.32 Å². The van der Waals surface area contributed by atoms with Gasteiger partial charge in [0.15, 0.2) is 5.13 Å². The first-order valence-electron chi connectivity index (χ1n) is 4.87. The third kappa shape index (κ3) is 2.97. The number of nitrogens with zero attached hydrogens (tertiary/aromatic N) is 3. The molecule has 88 valence electrons. The predicted molar refractivity (Wildman–Crippen MR) is 64.0 cm³/mol. The molecule has 7 heteroatoms. The lowest BCUT2D eigenvalue weighted by atomic mass is 10.4. The average molecular weight is 250 g/mol. The summed E-state index contributed by atoms with van der Waals surface area (Å²) in [5.41, 5.74) is 0.387. The number of amides is 1. The molecule has 1 amide bonds. The second-order valence-corrected chi connectivity index (χ2v) is 4.28. The van der Waals surface area contributed by atoms with Gasteiger partial charge in [0.25, 0.3) is 5.56 Å². The molecule has 2 aromatic heterocycles. The second kappa shape index (κ2) is 4.88. The monoisotopic (exact) mass is 250 g/mol. The number of aryl methyl sites for hydroxylation is 1. The van der Waals surface area contributed by atoms with E-state index in [4.69, 9.17) is 0 Å². The van der Waals surface area contributed by atoms with Crippen LogP contribution in [0, 0.1) is 6.92 Å². The van der Waals surface area contributed by atoms with Crippen LogP contribution in [-0.2, 0) is 11.3 Å². The van der Waals surface area contributed by atoms with E-state index in [1.807, 2.05) is 0 Å². The molecule has 0 saturated heterocycles. The van der Waals surface area contributed by atoms with Crippen molar-refractivity contribution in [3.05, 3.63) is 40.0 Å². The molecule has 2 rings (SSSR count). The van der Waals surface area contributed by atoms with Gasteiger partial charge in [-0.05, 0) is 6.92 Å². The van der Waals surface area contributed by atoms with E-state index in [1.165, 1.54) is 28.3 Å². The molecule has 0 saturated carbocycles. The van der Waals surface area contributed by atoms with Crippen molar-refractivity contribution in [2.24, 2.45) is 0 Å². The summed E-state index contributed by atoms with van der Waals surface area (Å²) in [5.74, 6) is -0.298. The molecule has 0 atom stereocenters. The number of carbonyl (C=O) groups is 1. The lowest BCUT2D eigenvalue weighted by molar-refractivity contribution is -0.116. The summed E-state index contributed by atoms with van der Waals surface area (Å²) in [4.78, 5) is 31.0. The van der Waals surface area contributed by atoms with Crippen LogP contribution in [0.25, 0.3) is 0 Å². The van der Waals surface area contributed by atoms with Gasteiger partial charge in [-0.25, -0.2) is 9.97 Å². The molecule has 2 aromatic rings. The Hall–Kier alpha value is -2.02. The fourth-order valence-corrected chi connectivity index (χ4v) is 1.78. The number of rotatable bonds is 3. The van der Waals surface area contributed by atoms with Crippen molar-refractivity contribution in [1.29, 1.82) is 0 Å². The van der Waals surface area contributed by atoms with Crippen LogP contribution in [0.5, 0.6) is 0 Å². The molecular formula is C10H10N4O2S. The number of anilines is 1. The summed E-state index contributed by atoms with van der Waals surface area (Å²) in [5, 5.41) is 4.87. The Kier molecular flexibility index (Phi) is 3.29. The van der Waals surface area contributed by atoms with Crippen molar-refractivity contribution in [2.45, 2.75) is 13.5 Å². The van der Waals surface area contributed by atoms with Gasteiger partial charge in [-0.3, -0.25) is 14.2 Å². The molecular weight excluding hydrogens is 240 g/mol. The van der Waals surface area contributed by atoms with Crippen LogP contribution in [0.2, 0.25) is 0 Å². The quantitative estimate of drug-likeness (QED) is 0.867. The minimum atomic E-state index is -0.298. The van der Waals surface area contributed by atoms with Crippen molar-refractivity contribution < 1.29 is 4.79 Å². The first kappa shape index (κ1) is 11.5. The van der Waals surface area contributed by atoms with Gasteiger partial charge in [0, 0.05) is 23.3 Å². The van der Waals surface area contributed by atoms with Gasteiger partial charge in [0.2, 0.25) is 5.91 Å². The minimum absolute atomic E-state index is 0.0638. The number of hydrogen-bond acceptors (Lipinski definition) is 5. The van der Waals surface area contributed by atoms with Crippen LogP contribution in [-0.4, -0.2) is 20.4 Å². The number of hydrogen-bond donors (Lipinski definition) is 1. The zero-order chi connectivity index (χ0) is 12.3. The van der Waals surface area contributed by atoms with E-state index in [9.17, 15) is 9.59 Å². The number of aromatic nitrogens is 3. The summed E-state index contributed by atoms with van der Waals surface area (Å²) >= 11 is 1.32. The first-order valence-corrected chi connectivity index (χ1v) is 5.75. The SMILES string of the molecule is Cc1cc(=O)n(CC(=O)Nc2nccs2)cn1. The highest BCUT2D eigenvalue weighted by Crippen LogP contribution is 2.09. The fraction of sp³-hybridized carbons (Fsp3) is 0.200. The molecule has 0 radical (unpaired) electrons. The van der Waals surface area contributed by atoms with Gasteiger partial charge in [-0.15, -0.1) is 11.3 Å². The Bertz CT molecular complexity index is 576. The van der Waals surface area contributed by atoms with E-state index in [0.717, 1.165) is 0 Å². The Morgan fingerprint density at radius 3 is 3.00 bits per heavy atom. The highest BCUT2D eigenvalue weighted by molar-refractivity contribution is 7.13. The van der Waals surface area contributed by atoms with Gasteiger partial charge in [0.1, 0.15) is 6.54 Å². The van der Waals surface area contributed by atoms with E-state index in [-0.39, 0.29) is 18.0 Å². The lowest BCUT2D eigenvalue weighted by Gasteiger charge is -2.04. The highest BCUT2D eigenvalue weighted by atomic mass is 32.1. The summed E-state index contributed by atoms with van der Waals surface area (Å²) < 4.78 is 1.25.